The SMILES string of the molecule is CC.CCCc1cc(C)cc(Br)c1. The van der Waals surface area contributed by atoms with E-state index in [0.717, 1.165) is 0 Å². The molecular weight excluding hydrogens is 224 g/mol. The fourth-order valence-corrected chi connectivity index (χ4v) is 1.90. The van der Waals surface area contributed by atoms with Crippen LogP contribution in [0.3, 0.4) is 0 Å². The van der Waals surface area contributed by atoms with Crippen molar-refractivity contribution >= 4 is 15.9 Å². The predicted octanol–water partition coefficient (Wildman–Crippen LogP) is 4.74. The maximum atomic E-state index is 3.48. The monoisotopic (exact) mass is 242 g/mol. The molecule has 0 unspecified atom stereocenters. The van der Waals surface area contributed by atoms with E-state index in [-0.39, 0.29) is 0 Å². The van der Waals surface area contributed by atoms with E-state index in [9.17, 15) is 0 Å². The third-order valence-electron chi connectivity index (χ3n) is 1.64. The summed E-state index contributed by atoms with van der Waals surface area (Å²) in [5.41, 5.74) is 2.77. The Balaban J connectivity index is 0.000000671. The lowest BCUT2D eigenvalue weighted by Crippen LogP contribution is -1.84. The molecule has 0 nitrogen and oxygen atoms in total. The van der Waals surface area contributed by atoms with Crippen LogP contribution in [0.1, 0.15) is 38.3 Å². The number of halogens is 1. The lowest BCUT2D eigenvalue weighted by Gasteiger charge is -2.01. The van der Waals surface area contributed by atoms with Crippen molar-refractivity contribution in [2.45, 2.75) is 40.5 Å². The molecule has 0 radical (unpaired) electrons. The maximum Gasteiger partial charge on any atom is 0.0180 e. The van der Waals surface area contributed by atoms with E-state index in [1.807, 2.05) is 13.8 Å². The summed E-state index contributed by atoms with van der Waals surface area (Å²) in [7, 11) is 0. The van der Waals surface area contributed by atoms with Gasteiger partial charge in [0.15, 0.2) is 0 Å². The minimum absolute atomic E-state index is 1.18. The molecule has 0 saturated heterocycles. The molecular formula is C12H19Br. The van der Waals surface area contributed by atoms with Crippen molar-refractivity contribution in [1.29, 1.82) is 0 Å². The molecule has 0 aliphatic heterocycles. The van der Waals surface area contributed by atoms with E-state index in [1.54, 1.807) is 0 Å². The van der Waals surface area contributed by atoms with Crippen molar-refractivity contribution in [2.24, 2.45) is 0 Å². The van der Waals surface area contributed by atoms with Gasteiger partial charge in [-0.15, -0.1) is 0 Å². The van der Waals surface area contributed by atoms with Crippen LogP contribution in [0, 0.1) is 6.92 Å². The predicted molar refractivity (Wildman–Crippen MR) is 64.2 cm³/mol. The molecule has 1 aromatic carbocycles. The number of rotatable bonds is 2. The fraction of sp³-hybridized carbons (Fsp3) is 0.500. The van der Waals surface area contributed by atoms with Gasteiger partial charge in [-0.25, -0.2) is 0 Å². The topological polar surface area (TPSA) is 0 Å². The van der Waals surface area contributed by atoms with E-state index in [2.05, 4.69) is 48.0 Å². The van der Waals surface area contributed by atoms with E-state index in [1.165, 1.54) is 28.4 Å². The lowest BCUT2D eigenvalue weighted by molar-refractivity contribution is 0.919. The maximum absolute atomic E-state index is 3.48. The first-order chi connectivity index (χ1) is 6.22. The van der Waals surface area contributed by atoms with Crippen molar-refractivity contribution in [1.82, 2.24) is 0 Å². The van der Waals surface area contributed by atoms with E-state index >= 15 is 0 Å². The standard InChI is InChI=1S/C10H13Br.C2H6/c1-3-4-9-5-8(2)6-10(11)7-9;1-2/h5-7H,3-4H2,1-2H3;1-2H3. The van der Waals surface area contributed by atoms with Gasteiger partial charge < -0.3 is 0 Å². The van der Waals surface area contributed by atoms with E-state index in [4.69, 9.17) is 0 Å². The Morgan fingerprint density at radius 2 is 1.77 bits per heavy atom. The molecule has 0 aliphatic rings. The van der Waals surface area contributed by atoms with Gasteiger partial charge in [0.2, 0.25) is 0 Å². The van der Waals surface area contributed by atoms with E-state index in [0.29, 0.717) is 0 Å². The molecule has 13 heavy (non-hydrogen) atoms. The highest BCUT2D eigenvalue weighted by molar-refractivity contribution is 9.10. The van der Waals surface area contributed by atoms with Gasteiger partial charge in [0.05, 0.1) is 0 Å². The van der Waals surface area contributed by atoms with Gasteiger partial charge in [-0.05, 0) is 36.6 Å². The molecule has 0 fully saturated rings. The normalized spacial score (nSPS) is 9.00. The second-order valence-electron chi connectivity index (χ2n) is 2.89. The van der Waals surface area contributed by atoms with Gasteiger partial charge >= 0.3 is 0 Å². The first-order valence-electron chi connectivity index (χ1n) is 4.98. The van der Waals surface area contributed by atoms with Crippen LogP contribution in [-0.2, 0) is 6.42 Å². The number of aryl methyl sites for hydroxylation is 2. The zero-order valence-corrected chi connectivity index (χ0v) is 10.6. The first-order valence-corrected chi connectivity index (χ1v) is 5.77. The average molecular weight is 243 g/mol. The highest BCUT2D eigenvalue weighted by Crippen LogP contribution is 2.16. The summed E-state index contributed by atoms with van der Waals surface area (Å²) in [6.07, 6.45) is 2.40. The molecule has 0 aromatic heterocycles. The molecule has 0 atom stereocenters. The average Bonchev–Trinajstić information content (AvgIpc) is 2.06. The zero-order chi connectivity index (χ0) is 10.3. The zero-order valence-electron chi connectivity index (χ0n) is 9.02. The van der Waals surface area contributed by atoms with Gasteiger partial charge in [0, 0.05) is 4.47 Å². The third-order valence-corrected chi connectivity index (χ3v) is 2.10. The molecule has 0 amide bonds. The summed E-state index contributed by atoms with van der Waals surface area (Å²) in [5.74, 6) is 0. The van der Waals surface area contributed by atoms with Crippen LogP contribution in [0.25, 0.3) is 0 Å². The summed E-state index contributed by atoms with van der Waals surface area (Å²) in [5, 5.41) is 0. The largest absolute Gasteiger partial charge is 0.0683 e. The van der Waals surface area contributed by atoms with Crippen LogP contribution < -0.4 is 0 Å². The quantitative estimate of drug-likeness (QED) is 0.704. The number of hydrogen-bond donors (Lipinski definition) is 0. The Labute approximate surface area is 90.5 Å². The Morgan fingerprint density at radius 3 is 2.23 bits per heavy atom. The van der Waals surface area contributed by atoms with Crippen LogP contribution >= 0.6 is 15.9 Å². The summed E-state index contributed by atoms with van der Waals surface area (Å²) in [6.45, 7) is 8.33. The van der Waals surface area contributed by atoms with Crippen molar-refractivity contribution in [2.75, 3.05) is 0 Å². The molecule has 0 bridgehead atoms. The van der Waals surface area contributed by atoms with Crippen molar-refractivity contribution in [3.63, 3.8) is 0 Å². The highest BCUT2D eigenvalue weighted by atomic mass is 79.9. The summed E-state index contributed by atoms with van der Waals surface area (Å²) < 4.78 is 1.20. The Hall–Kier alpha value is -0.300. The lowest BCUT2D eigenvalue weighted by atomic mass is 10.1. The molecule has 1 heteroatoms. The molecule has 0 heterocycles. The summed E-state index contributed by atoms with van der Waals surface area (Å²) >= 11 is 3.48. The Kier molecular flexibility index (Phi) is 6.97. The molecule has 0 spiro atoms. The summed E-state index contributed by atoms with van der Waals surface area (Å²) in [4.78, 5) is 0. The molecule has 74 valence electrons. The van der Waals surface area contributed by atoms with E-state index < -0.39 is 0 Å². The first kappa shape index (κ1) is 12.7. The molecule has 0 aliphatic carbocycles. The van der Waals surface area contributed by atoms with Crippen LogP contribution in [0.2, 0.25) is 0 Å². The Bertz CT molecular complexity index is 221. The van der Waals surface area contributed by atoms with Crippen LogP contribution in [-0.4, -0.2) is 0 Å². The second kappa shape index (κ2) is 7.14. The number of benzene rings is 1. The molecule has 0 saturated carbocycles. The van der Waals surface area contributed by atoms with Crippen molar-refractivity contribution in [3.8, 4) is 0 Å². The van der Waals surface area contributed by atoms with Gasteiger partial charge in [-0.3, -0.25) is 0 Å². The smallest absolute Gasteiger partial charge is 0.0180 e. The second-order valence-corrected chi connectivity index (χ2v) is 3.80. The van der Waals surface area contributed by atoms with Gasteiger partial charge in [0.1, 0.15) is 0 Å². The Morgan fingerprint density at radius 1 is 1.15 bits per heavy atom. The highest BCUT2D eigenvalue weighted by Gasteiger charge is 1.94. The van der Waals surface area contributed by atoms with Gasteiger partial charge in [0.25, 0.3) is 0 Å². The molecule has 1 aromatic rings. The summed E-state index contributed by atoms with van der Waals surface area (Å²) in [6, 6.07) is 6.57. The minimum atomic E-state index is 1.18. The number of hydrogen-bond acceptors (Lipinski definition) is 0. The van der Waals surface area contributed by atoms with Gasteiger partial charge in [-0.2, -0.15) is 0 Å². The fourth-order valence-electron chi connectivity index (χ4n) is 1.25. The van der Waals surface area contributed by atoms with Crippen molar-refractivity contribution < 1.29 is 0 Å². The van der Waals surface area contributed by atoms with Crippen LogP contribution in [0.15, 0.2) is 22.7 Å². The van der Waals surface area contributed by atoms with Crippen molar-refractivity contribution in [3.05, 3.63) is 33.8 Å². The third kappa shape index (κ3) is 5.09. The molecule has 1 rings (SSSR count). The minimum Gasteiger partial charge on any atom is -0.0683 e. The molecule has 0 N–H and O–H groups in total. The van der Waals surface area contributed by atoms with Crippen LogP contribution in [0.5, 0.6) is 0 Å². The van der Waals surface area contributed by atoms with Gasteiger partial charge in [-0.1, -0.05) is 49.2 Å². The van der Waals surface area contributed by atoms with Crippen LogP contribution in [0.4, 0.5) is 0 Å².